The largest absolute Gasteiger partial charge is 0.495 e. The van der Waals surface area contributed by atoms with Crippen molar-refractivity contribution in [2.24, 2.45) is 7.05 Å². The van der Waals surface area contributed by atoms with Gasteiger partial charge in [-0.05, 0) is 24.3 Å². The number of hydrogen-bond acceptors (Lipinski definition) is 3. The number of amides is 1. The molecule has 0 saturated heterocycles. The minimum Gasteiger partial charge on any atom is -0.495 e. The van der Waals surface area contributed by atoms with Crippen LogP contribution in [0.4, 0.5) is 5.69 Å². The van der Waals surface area contributed by atoms with Gasteiger partial charge >= 0.3 is 0 Å². The molecule has 0 radical (unpaired) electrons. The van der Waals surface area contributed by atoms with E-state index < -0.39 is 11.7 Å². The summed E-state index contributed by atoms with van der Waals surface area (Å²) < 4.78 is 6.99. The van der Waals surface area contributed by atoms with Crippen LogP contribution in [0.2, 0.25) is 5.02 Å². The fourth-order valence-corrected chi connectivity index (χ4v) is 2.77. The summed E-state index contributed by atoms with van der Waals surface area (Å²) in [5.41, 5.74) is 1.59. The van der Waals surface area contributed by atoms with Crippen molar-refractivity contribution in [1.29, 1.82) is 0 Å². The number of Topliss-reactive ketones (excluding diaryl/α,β-unsaturated/α-hetero) is 1. The van der Waals surface area contributed by atoms with E-state index in [0.717, 1.165) is 10.9 Å². The van der Waals surface area contributed by atoms with Crippen LogP contribution in [0.25, 0.3) is 10.9 Å². The summed E-state index contributed by atoms with van der Waals surface area (Å²) in [6, 6.07) is 12.2. The molecular formula is C18H15ClN2O3. The lowest BCUT2D eigenvalue weighted by molar-refractivity contribution is -0.112. The number of aryl methyl sites for hydroxylation is 1. The third-order valence-corrected chi connectivity index (χ3v) is 3.99. The number of para-hydroxylation sites is 1. The minimum atomic E-state index is -0.744. The second-order valence-electron chi connectivity index (χ2n) is 5.30. The molecule has 5 nitrogen and oxygen atoms in total. The second-order valence-corrected chi connectivity index (χ2v) is 5.74. The van der Waals surface area contributed by atoms with Gasteiger partial charge in [-0.1, -0.05) is 29.8 Å². The van der Waals surface area contributed by atoms with Crippen LogP contribution in [-0.2, 0) is 11.8 Å². The van der Waals surface area contributed by atoms with Crippen LogP contribution in [0.15, 0.2) is 48.7 Å². The molecule has 3 aromatic rings. The third kappa shape index (κ3) is 2.86. The van der Waals surface area contributed by atoms with Crippen molar-refractivity contribution in [3.63, 3.8) is 0 Å². The van der Waals surface area contributed by atoms with E-state index in [-0.39, 0.29) is 0 Å². The highest BCUT2D eigenvalue weighted by molar-refractivity contribution is 6.48. The molecule has 1 N–H and O–H groups in total. The highest BCUT2D eigenvalue weighted by Crippen LogP contribution is 2.28. The molecule has 1 amide bonds. The summed E-state index contributed by atoms with van der Waals surface area (Å²) >= 11 is 5.94. The summed E-state index contributed by atoms with van der Waals surface area (Å²) in [5, 5.41) is 3.74. The maximum atomic E-state index is 12.6. The Morgan fingerprint density at radius 2 is 1.92 bits per heavy atom. The van der Waals surface area contributed by atoms with Gasteiger partial charge in [0.15, 0.2) is 0 Å². The summed E-state index contributed by atoms with van der Waals surface area (Å²) in [7, 11) is 3.31. The predicted octanol–water partition coefficient (Wildman–Crippen LogP) is 3.66. The molecule has 0 unspecified atom stereocenters. The van der Waals surface area contributed by atoms with Gasteiger partial charge in [0.2, 0.25) is 0 Å². The lowest BCUT2D eigenvalue weighted by atomic mass is 10.1. The van der Waals surface area contributed by atoms with Crippen LogP contribution in [-0.4, -0.2) is 23.4 Å². The molecule has 0 aliphatic carbocycles. The lowest BCUT2D eigenvalue weighted by Gasteiger charge is -2.09. The van der Waals surface area contributed by atoms with E-state index in [9.17, 15) is 9.59 Å². The van der Waals surface area contributed by atoms with Gasteiger partial charge in [0.25, 0.3) is 11.7 Å². The van der Waals surface area contributed by atoms with Crippen LogP contribution < -0.4 is 10.1 Å². The van der Waals surface area contributed by atoms with Gasteiger partial charge in [0.05, 0.1) is 18.4 Å². The quantitative estimate of drug-likeness (QED) is 0.581. The molecule has 0 aliphatic heterocycles. The Kier molecular flexibility index (Phi) is 4.27. The number of benzene rings is 2. The third-order valence-electron chi connectivity index (χ3n) is 3.76. The number of carbonyl (C=O) groups excluding carboxylic acids is 2. The normalized spacial score (nSPS) is 10.6. The number of methoxy groups -OCH3 is 1. The Bertz CT molecular complexity index is 947. The molecule has 1 aromatic heterocycles. The monoisotopic (exact) mass is 342 g/mol. The molecular weight excluding hydrogens is 328 g/mol. The number of rotatable bonds is 4. The number of hydrogen-bond donors (Lipinski definition) is 1. The number of fused-ring (bicyclic) bond motifs is 1. The average Bonchev–Trinajstić information content (AvgIpc) is 2.92. The van der Waals surface area contributed by atoms with Gasteiger partial charge in [-0.15, -0.1) is 0 Å². The molecule has 2 aromatic carbocycles. The number of nitrogens with one attached hydrogen (secondary N) is 1. The second kappa shape index (κ2) is 6.37. The van der Waals surface area contributed by atoms with Gasteiger partial charge in [-0.3, -0.25) is 9.59 Å². The van der Waals surface area contributed by atoms with E-state index >= 15 is 0 Å². The van der Waals surface area contributed by atoms with Crippen molar-refractivity contribution < 1.29 is 14.3 Å². The van der Waals surface area contributed by atoms with Crippen LogP contribution in [0.1, 0.15) is 10.4 Å². The van der Waals surface area contributed by atoms with E-state index in [2.05, 4.69) is 5.32 Å². The first-order valence-electron chi connectivity index (χ1n) is 7.24. The molecule has 3 rings (SSSR count). The Morgan fingerprint density at radius 3 is 2.67 bits per heavy atom. The number of ketones is 1. The lowest BCUT2D eigenvalue weighted by Crippen LogP contribution is -2.23. The Balaban J connectivity index is 1.93. The Morgan fingerprint density at radius 1 is 1.17 bits per heavy atom. The Hall–Kier alpha value is -2.79. The summed E-state index contributed by atoms with van der Waals surface area (Å²) in [6.07, 6.45) is 1.65. The van der Waals surface area contributed by atoms with Crippen molar-refractivity contribution in [2.45, 2.75) is 0 Å². The summed E-state index contributed by atoms with van der Waals surface area (Å²) in [4.78, 5) is 24.9. The van der Waals surface area contributed by atoms with Crippen molar-refractivity contribution in [2.75, 3.05) is 12.4 Å². The molecule has 0 bridgehead atoms. The molecule has 1 heterocycles. The highest BCUT2D eigenvalue weighted by atomic mass is 35.5. The molecule has 6 heteroatoms. The van der Waals surface area contributed by atoms with Crippen molar-refractivity contribution in [3.8, 4) is 5.75 Å². The highest BCUT2D eigenvalue weighted by Gasteiger charge is 2.22. The maximum Gasteiger partial charge on any atom is 0.296 e. The van der Waals surface area contributed by atoms with E-state index in [0.29, 0.717) is 22.0 Å². The van der Waals surface area contributed by atoms with Gasteiger partial charge in [0, 0.05) is 29.2 Å². The number of carbonyl (C=O) groups is 2. The predicted molar refractivity (Wildman–Crippen MR) is 93.9 cm³/mol. The fourth-order valence-electron chi connectivity index (χ4n) is 2.60. The molecule has 0 spiro atoms. The van der Waals surface area contributed by atoms with Gasteiger partial charge < -0.3 is 14.6 Å². The van der Waals surface area contributed by atoms with Gasteiger partial charge in [-0.2, -0.15) is 0 Å². The zero-order chi connectivity index (χ0) is 17.3. The van der Waals surface area contributed by atoms with Crippen molar-refractivity contribution in [1.82, 2.24) is 4.57 Å². The molecule has 24 heavy (non-hydrogen) atoms. The van der Waals surface area contributed by atoms with E-state index in [4.69, 9.17) is 16.3 Å². The number of aromatic nitrogens is 1. The van der Waals surface area contributed by atoms with Gasteiger partial charge in [0.1, 0.15) is 5.75 Å². The van der Waals surface area contributed by atoms with Crippen LogP contribution in [0, 0.1) is 0 Å². The first-order chi connectivity index (χ1) is 11.5. The molecule has 0 aliphatic rings. The topological polar surface area (TPSA) is 60.3 Å². The number of anilines is 1. The number of ether oxygens (including phenoxy) is 1. The molecule has 0 saturated carbocycles. The first kappa shape index (κ1) is 16.1. The zero-order valence-corrected chi connectivity index (χ0v) is 13.9. The van der Waals surface area contributed by atoms with Crippen LogP contribution >= 0.6 is 11.6 Å². The standard InChI is InChI=1S/C18H15ClN2O3/c1-21-10-13(12-5-3-4-6-15(12)21)17(22)18(23)20-14-9-11(19)7-8-16(14)24-2/h3-10H,1-2H3,(H,20,23). The van der Waals surface area contributed by atoms with E-state index in [1.165, 1.54) is 13.2 Å². The maximum absolute atomic E-state index is 12.6. The fraction of sp³-hybridized carbons (Fsp3) is 0.111. The van der Waals surface area contributed by atoms with E-state index in [1.54, 1.807) is 18.3 Å². The SMILES string of the molecule is COc1ccc(Cl)cc1NC(=O)C(=O)c1cn(C)c2ccccc12. The zero-order valence-electron chi connectivity index (χ0n) is 13.2. The summed E-state index contributed by atoms with van der Waals surface area (Å²) in [5.74, 6) is -0.931. The molecule has 122 valence electrons. The molecule has 0 fully saturated rings. The van der Waals surface area contributed by atoms with E-state index in [1.807, 2.05) is 35.9 Å². The average molecular weight is 343 g/mol. The smallest absolute Gasteiger partial charge is 0.296 e. The minimum absolute atomic E-state index is 0.351. The Labute approximate surface area is 143 Å². The van der Waals surface area contributed by atoms with Gasteiger partial charge in [-0.25, -0.2) is 0 Å². The summed E-state index contributed by atoms with van der Waals surface area (Å²) in [6.45, 7) is 0. The molecule has 0 atom stereocenters. The van der Waals surface area contributed by atoms with Crippen LogP contribution in [0.5, 0.6) is 5.75 Å². The van der Waals surface area contributed by atoms with Crippen molar-refractivity contribution in [3.05, 3.63) is 59.2 Å². The number of nitrogens with zero attached hydrogens (tertiary/aromatic N) is 1. The van der Waals surface area contributed by atoms with Crippen LogP contribution in [0.3, 0.4) is 0 Å². The number of halogens is 1. The first-order valence-corrected chi connectivity index (χ1v) is 7.62. The van der Waals surface area contributed by atoms with Crippen molar-refractivity contribution >= 4 is 39.9 Å².